The zero-order valence-electron chi connectivity index (χ0n) is 20.6. The number of fused-ring (bicyclic) bond motifs is 2. The summed E-state index contributed by atoms with van der Waals surface area (Å²) in [5.41, 5.74) is 2.95. The predicted octanol–water partition coefficient (Wildman–Crippen LogP) is 6.19. The van der Waals surface area contributed by atoms with Gasteiger partial charge in [0.2, 0.25) is 5.91 Å². The number of para-hydroxylation sites is 1. The number of carbonyl (C=O) groups excluding carboxylic acids is 2. The number of rotatable bonds is 8. The molecule has 0 fully saturated rings. The molecule has 0 aromatic heterocycles. The Labute approximate surface area is 221 Å². The van der Waals surface area contributed by atoms with Crippen molar-refractivity contribution in [2.75, 3.05) is 16.8 Å². The Kier molecular flexibility index (Phi) is 7.26. The fraction of sp³-hybridized carbons (Fsp3) is 0.226. The van der Waals surface area contributed by atoms with Gasteiger partial charge in [-0.25, -0.2) is 0 Å². The molecule has 2 N–H and O–H groups in total. The SMILES string of the molecule is CCCN1C(=O)C(C(=O)C(Cc2ccc(Cl)cc2)Nc2ccc3ccccc3c2)C(O)c2ccccc21. The van der Waals surface area contributed by atoms with Gasteiger partial charge in [-0.15, -0.1) is 0 Å². The summed E-state index contributed by atoms with van der Waals surface area (Å²) in [6.07, 6.45) is -0.134. The third kappa shape index (κ3) is 5.10. The molecule has 0 bridgehead atoms. The van der Waals surface area contributed by atoms with Crippen LogP contribution in [0.3, 0.4) is 0 Å². The number of amides is 1. The average Bonchev–Trinajstić information content (AvgIpc) is 2.92. The van der Waals surface area contributed by atoms with Crippen molar-refractivity contribution in [3.63, 3.8) is 0 Å². The van der Waals surface area contributed by atoms with Crippen LogP contribution in [0.1, 0.15) is 30.6 Å². The molecule has 0 spiro atoms. The fourth-order valence-electron chi connectivity index (χ4n) is 5.09. The summed E-state index contributed by atoms with van der Waals surface area (Å²) < 4.78 is 0. The van der Waals surface area contributed by atoms with Crippen molar-refractivity contribution >= 4 is 45.4 Å². The van der Waals surface area contributed by atoms with E-state index in [1.165, 1.54) is 0 Å². The second-order valence-corrected chi connectivity index (χ2v) is 9.90. The molecule has 5 nitrogen and oxygen atoms in total. The molecule has 0 saturated heterocycles. The summed E-state index contributed by atoms with van der Waals surface area (Å²) in [6, 6.07) is 27.8. The standard InChI is InChI=1S/C31H29ClN2O3/c1-2-17-34-27-10-6-5-9-25(27)29(35)28(31(34)37)30(36)26(18-20-11-14-23(32)15-12-20)33-24-16-13-21-7-3-4-8-22(21)19-24/h3-16,19,26,28-29,33,35H,2,17-18H2,1H3. The molecule has 4 aromatic carbocycles. The summed E-state index contributed by atoms with van der Waals surface area (Å²) >= 11 is 6.08. The molecule has 0 saturated carbocycles. The van der Waals surface area contributed by atoms with E-state index in [-0.39, 0.29) is 11.7 Å². The smallest absolute Gasteiger partial charge is 0.240 e. The van der Waals surface area contributed by atoms with Crippen molar-refractivity contribution in [2.24, 2.45) is 5.92 Å². The second-order valence-electron chi connectivity index (χ2n) is 9.46. The maximum absolute atomic E-state index is 14.1. The topological polar surface area (TPSA) is 69.6 Å². The lowest BCUT2D eigenvalue weighted by molar-refractivity contribution is -0.138. The molecule has 3 atom stereocenters. The van der Waals surface area contributed by atoms with E-state index in [9.17, 15) is 14.7 Å². The van der Waals surface area contributed by atoms with Crippen molar-refractivity contribution in [1.82, 2.24) is 0 Å². The minimum atomic E-state index is -1.21. The molecule has 188 valence electrons. The molecular weight excluding hydrogens is 484 g/mol. The van der Waals surface area contributed by atoms with Crippen molar-refractivity contribution in [3.05, 3.63) is 107 Å². The Morgan fingerprint density at radius 3 is 2.43 bits per heavy atom. The van der Waals surface area contributed by atoms with Gasteiger partial charge < -0.3 is 15.3 Å². The largest absolute Gasteiger partial charge is 0.387 e. The van der Waals surface area contributed by atoms with E-state index in [0.717, 1.165) is 28.4 Å². The van der Waals surface area contributed by atoms with Crippen LogP contribution in [0.15, 0.2) is 91.0 Å². The van der Waals surface area contributed by atoms with Crippen LogP contribution >= 0.6 is 11.6 Å². The number of Topliss-reactive ketones (excluding diaryl/α,β-unsaturated/α-hetero) is 1. The lowest BCUT2D eigenvalue weighted by atomic mass is 9.82. The number of nitrogens with zero attached hydrogens (tertiary/aromatic N) is 1. The first-order valence-electron chi connectivity index (χ1n) is 12.6. The van der Waals surface area contributed by atoms with E-state index in [2.05, 4.69) is 5.32 Å². The number of aliphatic hydroxyl groups excluding tert-OH is 1. The number of halogens is 1. The van der Waals surface area contributed by atoms with E-state index < -0.39 is 18.1 Å². The lowest BCUT2D eigenvalue weighted by Crippen LogP contribution is -2.51. The maximum atomic E-state index is 14.1. The van der Waals surface area contributed by atoms with Gasteiger partial charge in [0.05, 0.1) is 12.1 Å². The number of hydrogen-bond donors (Lipinski definition) is 2. The van der Waals surface area contributed by atoms with Crippen LogP contribution in [0.5, 0.6) is 0 Å². The van der Waals surface area contributed by atoms with Gasteiger partial charge in [0, 0.05) is 28.5 Å². The highest BCUT2D eigenvalue weighted by Gasteiger charge is 2.45. The number of anilines is 2. The average molecular weight is 513 g/mol. The molecule has 1 aliphatic rings. The fourth-order valence-corrected chi connectivity index (χ4v) is 5.22. The van der Waals surface area contributed by atoms with Gasteiger partial charge in [0.25, 0.3) is 0 Å². The zero-order valence-corrected chi connectivity index (χ0v) is 21.4. The van der Waals surface area contributed by atoms with Gasteiger partial charge in [-0.1, -0.05) is 79.2 Å². The van der Waals surface area contributed by atoms with E-state index in [1.807, 2.05) is 79.7 Å². The Morgan fingerprint density at radius 2 is 1.68 bits per heavy atom. The molecular formula is C31H29ClN2O3. The van der Waals surface area contributed by atoms with E-state index in [4.69, 9.17) is 11.6 Å². The molecule has 3 unspecified atom stereocenters. The lowest BCUT2D eigenvalue weighted by Gasteiger charge is -2.38. The van der Waals surface area contributed by atoms with Crippen molar-refractivity contribution in [2.45, 2.75) is 31.9 Å². The summed E-state index contributed by atoms with van der Waals surface area (Å²) in [6.45, 7) is 2.47. The van der Waals surface area contributed by atoms with E-state index in [1.54, 1.807) is 23.1 Å². The number of ketones is 1. The monoisotopic (exact) mass is 512 g/mol. The van der Waals surface area contributed by atoms with Gasteiger partial charge in [-0.2, -0.15) is 0 Å². The predicted molar refractivity (Wildman–Crippen MR) is 149 cm³/mol. The summed E-state index contributed by atoms with van der Waals surface area (Å²) in [5.74, 6) is -1.90. The summed E-state index contributed by atoms with van der Waals surface area (Å²) in [5, 5.41) is 17.4. The number of aliphatic hydroxyl groups is 1. The summed E-state index contributed by atoms with van der Waals surface area (Å²) in [7, 11) is 0. The van der Waals surface area contributed by atoms with Crippen LogP contribution in [0, 0.1) is 5.92 Å². The third-order valence-electron chi connectivity index (χ3n) is 6.93. The third-order valence-corrected chi connectivity index (χ3v) is 7.19. The maximum Gasteiger partial charge on any atom is 0.240 e. The molecule has 5 rings (SSSR count). The highest BCUT2D eigenvalue weighted by molar-refractivity contribution is 6.30. The Bertz CT molecular complexity index is 1440. The van der Waals surface area contributed by atoms with Crippen LogP contribution in [-0.2, 0) is 16.0 Å². The molecule has 6 heteroatoms. The number of hydrogen-bond acceptors (Lipinski definition) is 4. The van der Waals surface area contributed by atoms with Gasteiger partial charge in [0.1, 0.15) is 5.92 Å². The Morgan fingerprint density at radius 1 is 0.973 bits per heavy atom. The summed E-state index contributed by atoms with van der Waals surface area (Å²) in [4.78, 5) is 29.4. The Hall–Kier alpha value is -3.67. The zero-order chi connectivity index (χ0) is 25.9. The second kappa shape index (κ2) is 10.8. The molecule has 1 aliphatic heterocycles. The van der Waals surface area contributed by atoms with Crippen LogP contribution in [0.2, 0.25) is 5.02 Å². The molecule has 1 heterocycles. The highest BCUT2D eigenvalue weighted by atomic mass is 35.5. The van der Waals surface area contributed by atoms with E-state index in [0.29, 0.717) is 29.2 Å². The number of carbonyl (C=O) groups is 2. The quantitative estimate of drug-likeness (QED) is 0.276. The number of benzene rings is 4. The molecule has 0 aliphatic carbocycles. The van der Waals surface area contributed by atoms with Gasteiger partial charge in [0.15, 0.2) is 5.78 Å². The first-order chi connectivity index (χ1) is 18.0. The van der Waals surface area contributed by atoms with Gasteiger partial charge >= 0.3 is 0 Å². The Balaban J connectivity index is 1.51. The van der Waals surface area contributed by atoms with Crippen LogP contribution in [0.4, 0.5) is 11.4 Å². The first kappa shape index (κ1) is 25.0. The van der Waals surface area contributed by atoms with Gasteiger partial charge in [-0.3, -0.25) is 9.59 Å². The van der Waals surface area contributed by atoms with Crippen LogP contribution in [-0.4, -0.2) is 29.4 Å². The minimum absolute atomic E-state index is 0.337. The van der Waals surface area contributed by atoms with Crippen LogP contribution in [0.25, 0.3) is 10.8 Å². The van der Waals surface area contributed by atoms with Gasteiger partial charge in [-0.05, 0) is 59.5 Å². The first-order valence-corrected chi connectivity index (χ1v) is 13.0. The van der Waals surface area contributed by atoms with E-state index >= 15 is 0 Å². The van der Waals surface area contributed by atoms with Crippen LogP contribution < -0.4 is 10.2 Å². The normalized spacial score (nSPS) is 17.9. The molecule has 0 radical (unpaired) electrons. The molecule has 37 heavy (non-hydrogen) atoms. The molecule has 4 aromatic rings. The minimum Gasteiger partial charge on any atom is -0.387 e. The van der Waals surface area contributed by atoms with Crippen molar-refractivity contribution in [1.29, 1.82) is 0 Å². The van der Waals surface area contributed by atoms with Crippen molar-refractivity contribution < 1.29 is 14.7 Å². The number of nitrogens with one attached hydrogen (secondary N) is 1. The van der Waals surface area contributed by atoms with Crippen molar-refractivity contribution in [3.8, 4) is 0 Å². The highest BCUT2D eigenvalue weighted by Crippen LogP contribution is 2.39. The molecule has 1 amide bonds.